The van der Waals surface area contributed by atoms with Gasteiger partial charge in [-0.15, -0.1) is 0 Å². The van der Waals surface area contributed by atoms with E-state index in [9.17, 15) is 4.39 Å². The minimum atomic E-state index is -0.255. The Kier molecular flexibility index (Phi) is 3.50. The molecule has 102 valence electrons. The van der Waals surface area contributed by atoms with Crippen LogP contribution in [0.5, 0.6) is 5.75 Å². The van der Waals surface area contributed by atoms with Crippen molar-refractivity contribution >= 4 is 5.71 Å². The minimum absolute atomic E-state index is 0.0559. The van der Waals surface area contributed by atoms with Crippen molar-refractivity contribution in [3.05, 3.63) is 65.5 Å². The van der Waals surface area contributed by atoms with Crippen LogP contribution in [0, 0.1) is 5.82 Å². The molecule has 1 heterocycles. The second kappa shape index (κ2) is 5.45. The lowest BCUT2D eigenvalue weighted by molar-refractivity contribution is 0.319. The third-order valence-corrected chi connectivity index (χ3v) is 3.48. The van der Waals surface area contributed by atoms with Crippen LogP contribution < -0.4 is 4.74 Å². The Bertz CT molecular complexity index is 637. The van der Waals surface area contributed by atoms with Gasteiger partial charge in [-0.2, -0.15) is 0 Å². The van der Waals surface area contributed by atoms with Crippen molar-refractivity contribution in [2.45, 2.75) is 19.4 Å². The van der Waals surface area contributed by atoms with Crippen LogP contribution in [0.1, 0.15) is 30.5 Å². The van der Waals surface area contributed by atoms with Crippen molar-refractivity contribution < 1.29 is 9.13 Å². The highest BCUT2D eigenvalue weighted by molar-refractivity contribution is 6.03. The maximum absolute atomic E-state index is 13.4. The third kappa shape index (κ3) is 2.57. The van der Waals surface area contributed by atoms with Crippen molar-refractivity contribution in [3.8, 4) is 5.75 Å². The Morgan fingerprint density at radius 1 is 1.15 bits per heavy atom. The van der Waals surface area contributed by atoms with Crippen molar-refractivity contribution in [2.24, 2.45) is 4.99 Å². The second-order valence-corrected chi connectivity index (χ2v) is 4.90. The Morgan fingerprint density at radius 3 is 2.75 bits per heavy atom. The molecule has 0 saturated carbocycles. The highest BCUT2D eigenvalue weighted by atomic mass is 19.1. The zero-order valence-corrected chi connectivity index (χ0v) is 11.3. The average molecular weight is 269 g/mol. The molecule has 3 rings (SSSR count). The normalized spacial score (nSPS) is 17.4. The molecule has 2 nitrogen and oxygen atoms in total. The molecular formula is C17H16FNO. The summed E-state index contributed by atoms with van der Waals surface area (Å²) in [6.45, 7) is 2.65. The summed E-state index contributed by atoms with van der Waals surface area (Å²) in [6, 6.07) is 14.8. The first-order valence-corrected chi connectivity index (χ1v) is 6.78. The van der Waals surface area contributed by atoms with Crippen LogP contribution in [0.3, 0.4) is 0 Å². The molecule has 0 fully saturated rings. The molecule has 1 atom stereocenters. The summed E-state index contributed by atoms with van der Waals surface area (Å²) in [4.78, 5) is 4.76. The lowest BCUT2D eigenvalue weighted by atomic mass is 10.0. The summed E-state index contributed by atoms with van der Waals surface area (Å²) in [5.41, 5.74) is 2.85. The molecule has 0 unspecified atom stereocenters. The first-order chi connectivity index (χ1) is 9.74. The number of hydrogen-bond acceptors (Lipinski definition) is 2. The van der Waals surface area contributed by atoms with Gasteiger partial charge in [0.05, 0.1) is 12.6 Å². The van der Waals surface area contributed by atoms with Crippen LogP contribution >= 0.6 is 0 Å². The molecule has 1 aliphatic heterocycles. The maximum atomic E-state index is 13.4. The van der Waals surface area contributed by atoms with Crippen molar-refractivity contribution in [1.82, 2.24) is 0 Å². The average Bonchev–Trinajstić information content (AvgIpc) is 2.49. The molecule has 0 amide bonds. The van der Waals surface area contributed by atoms with Crippen LogP contribution in [-0.4, -0.2) is 12.3 Å². The van der Waals surface area contributed by atoms with Gasteiger partial charge in [-0.1, -0.05) is 30.3 Å². The van der Waals surface area contributed by atoms with E-state index in [4.69, 9.17) is 9.73 Å². The van der Waals surface area contributed by atoms with Gasteiger partial charge in [0, 0.05) is 17.7 Å². The maximum Gasteiger partial charge on any atom is 0.128 e. The van der Waals surface area contributed by atoms with Gasteiger partial charge in [0.2, 0.25) is 0 Å². The van der Waals surface area contributed by atoms with E-state index < -0.39 is 0 Å². The Balaban J connectivity index is 1.96. The fourth-order valence-corrected chi connectivity index (χ4v) is 2.42. The largest absolute Gasteiger partial charge is 0.492 e. The van der Waals surface area contributed by atoms with Gasteiger partial charge in [-0.3, -0.25) is 4.99 Å². The molecule has 0 radical (unpaired) electrons. The predicted octanol–water partition coefficient (Wildman–Crippen LogP) is 4.16. The van der Waals surface area contributed by atoms with E-state index in [1.165, 1.54) is 12.1 Å². The second-order valence-electron chi connectivity index (χ2n) is 4.90. The predicted molar refractivity (Wildman–Crippen MR) is 77.9 cm³/mol. The summed E-state index contributed by atoms with van der Waals surface area (Å²) >= 11 is 0. The summed E-state index contributed by atoms with van der Waals surface area (Å²) in [5.74, 6) is 0.464. The lowest BCUT2D eigenvalue weighted by Crippen LogP contribution is -2.17. The summed E-state index contributed by atoms with van der Waals surface area (Å²) in [6.07, 6.45) is 0.716. The standard InChI is InChI=1S/C17H16FNO/c1-12(13-5-3-2-4-6-13)19-16-9-10-20-17-8-7-14(18)11-15(16)17/h2-8,11-12H,9-10H2,1H3/t12-/m0/s1. The highest BCUT2D eigenvalue weighted by Crippen LogP contribution is 2.28. The number of nitrogens with zero attached hydrogens (tertiary/aromatic N) is 1. The number of rotatable bonds is 2. The van der Waals surface area contributed by atoms with Gasteiger partial charge >= 0.3 is 0 Å². The number of halogens is 1. The van der Waals surface area contributed by atoms with E-state index in [-0.39, 0.29) is 11.9 Å². The molecule has 3 heteroatoms. The monoisotopic (exact) mass is 269 g/mol. The van der Waals surface area contributed by atoms with Crippen LogP contribution in [0.4, 0.5) is 4.39 Å². The van der Waals surface area contributed by atoms with Crippen LogP contribution in [0.2, 0.25) is 0 Å². The van der Waals surface area contributed by atoms with Crippen LogP contribution in [0.25, 0.3) is 0 Å². The fourth-order valence-electron chi connectivity index (χ4n) is 2.42. The van der Waals surface area contributed by atoms with E-state index >= 15 is 0 Å². The first-order valence-electron chi connectivity index (χ1n) is 6.78. The van der Waals surface area contributed by atoms with Gasteiger partial charge in [0.25, 0.3) is 0 Å². The molecule has 0 spiro atoms. The summed E-state index contributed by atoms with van der Waals surface area (Å²) < 4.78 is 19.0. The van der Waals surface area contributed by atoms with Gasteiger partial charge in [0.15, 0.2) is 0 Å². The topological polar surface area (TPSA) is 21.6 Å². The summed E-state index contributed by atoms with van der Waals surface area (Å²) in [5, 5.41) is 0. The fraction of sp³-hybridized carbons (Fsp3) is 0.235. The van der Waals surface area contributed by atoms with Crippen LogP contribution in [0.15, 0.2) is 53.5 Å². The van der Waals surface area contributed by atoms with E-state index in [0.717, 1.165) is 22.6 Å². The number of hydrogen-bond donors (Lipinski definition) is 0. The zero-order chi connectivity index (χ0) is 13.9. The lowest BCUT2D eigenvalue weighted by Gasteiger charge is -2.20. The first kappa shape index (κ1) is 12.9. The molecular weight excluding hydrogens is 253 g/mol. The Morgan fingerprint density at radius 2 is 1.95 bits per heavy atom. The number of fused-ring (bicyclic) bond motifs is 1. The molecule has 0 aromatic heterocycles. The summed E-state index contributed by atoms with van der Waals surface area (Å²) in [7, 11) is 0. The van der Waals surface area contributed by atoms with E-state index in [0.29, 0.717) is 13.0 Å². The SMILES string of the molecule is C[C@H](N=C1CCOc2ccc(F)cc21)c1ccccc1. The van der Waals surface area contributed by atoms with Crippen LogP contribution in [-0.2, 0) is 0 Å². The molecule has 1 aliphatic rings. The number of benzene rings is 2. The smallest absolute Gasteiger partial charge is 0.128 e. The molecule has 2 aromatic carbocycles. The zero-order valence-electron chi connectivity index (χ0n) is 11.3. The molecule has 0 saturated heterocycles. The molecule has 20 heavy (non-hydrogen) atoms. The van der Waals surface area contributed by atoms with Gasteiger partial charge in [0.1, 0.15) is 11.6 Å². The van der Waals surface area contributed by atoms with Crippen molar-refractivity contribution in [3.63, 3.8) is 0 Å². The molecule has 0 aliphatic carbocycles. The quantitative estimate of drug-likeness (QED) is 0.802. The van der Waals surface area contributed by atoms with E-state index in [1.54, 1.807) is 6.07 Å². The van der Waals surface area contributed by atoms with Gasteiger partial charge in [-0.25, -0.2) is 4.39 Å². The van der Waals surface area contributed by atoms with E-state index in [1.807, 2.05) is 18.2 Å². The Hall–Kier alpha value is -2.16. The Labute approximate surface area is 117 Å². The van der Waals surface area contributed by atoms with E-state index in [2.05, 4.69) is 19.1 Å². The van der Waals surface area contributed by atoms with Crippen molar-refractivity contribution in [2.75, 3.05) is 6.61 Å². The number of ether oxygens (including phenoxy) is 1. The van der Waals surface area contributed by atoms with Gasteiger partial charge in [-0.05, 0) is 30.7 Å². The van der Waals surface area contributed by atoms with Crippen molar-refractivity contribution in [1.29, 1.82) is 0 Å². The molecule has 0 bridgehead atoms. The molecule has 0 N–H and O–H groups in total. The molecule has 2 aromatic rings. The number of aliphatic imine (C=N–C) groups is 1. The highest BCUT2D eigenvalue weighted by Gasteiger charge is 2.18. The van der Waals surface area contributed by atoms with Gasteiger partial charge < -0.3 is 4.74 Å². The minimum Gasteiger partial charge on any atom is -0.492 e. The third-order valence-electron chi connectivity index (χ3n) is 3.48.